The Balaban J connectivity index is 1.83. The highest BCUT2D eigenvalue weighted by Gasteiger charge is 2.16. The number of benzene rings is 2. The highest BCUT2D eigenvalue weighted by molar-refractivity contribution is 5.95. The predicted molar refractivity (Wildman–Crippen MR) is 103 cm³/mol. The number of hydrogen-bond acceptors (Lipinski definition) is 4. The lowest BCUT2D eigenvalue weighted by atomic mass is 10.1. The van der Waals surface area contributed by atoms with E-state index in [9.17, 15) is 9.59 Å². The van der Waals surface area contributed by atoms with Gasteiger partial charge in [-0.3, -0.25) is 9.59 Å². The van der Waals surface area contributed by atoms with Crippen LogP contribution in [0, 0.1) is 13.8 Å². The molecule has 2 aromatic carbocycles. The molecule has 0 atom stereocenters. The lowest BCUT2D eigenvalue weighted by molar-refractivity contribution is -0.143. The maximum Gasteiger partial charge on any atom is 0.326 e. The molecule has 0 saturated carbocycles. The van der Waals surface area contributed by atoms with Crippen molar-refractivity contribution in [1.29, 1.82) is 0 Å². The SMILES string of the molecule is CCOC(=O)Cn1c(CNC(=O)c2ccc(C)cc2C)nc2ccccc21. The van der Waals surface area contributed by atoms with Crippen LogP contribution in [0.4, 0.5) is 0 Å². The largest absolute Gasteiger partial charge is 0.465 e. The number of fused-ring (bicyclic) bond motifs is 1. The van der Waals surface area contributed by atoms with Gasteiger partial charge >= 0.3 is 5.97 Å². The van der Waals surface area contributed by atoms with Crippen LogP contribution in [0.2, 0.25) is 0 Å². The van der Waals surface area contributed by atoms with E-state index in [-0.39, 0.29) is 25.0 Å². The van der Waals surface area contributed by atoms with Crippen LogP contribution < -0.4 is 5.32 Å². The molecule has 3 rings (SSSR count). The molecule has 0 aliphatic rings. The summed E-state index contributed by atoms with van der Waals surface area (Å²) in [5.74, 6) is 0.118. The van der Waals surface area contributed by atoms with Gasteiger partial charge < -0.3 is 14.6 Å². The van der Waals surface area contributed by atoms with Gasteiger partial charge in [0, 0.05) is 5.56 Å². The van der Waals surface area contributed by atoms with Crippen LogP contribution in [0.5, 0.6) is 0 Å². The summed E-state index contributed by atoms with van der Waals surface area (Å²) in [6.07, 6.45) is 0. The average Bonchev–Trinajstić information content (AvgIpc) is 2.97. The Bertz CT molecular complexity index is 992. The number of carbonyl (C=O) groups excluding carboxylic acids is 2. The molecule has 1 amide bonds. The third-order valence-electron chi connectivity index (χ3n) is 4.36. The molecule has 0 bridgehead atoms. The van der Waals surface area contributed by atoms with Gasteiger partial charge in [-0.1, -0.05) is 29.8 Å². The number of para-hydroxylation sites is 2. The molecule has 6 nitrogen and oxygen atoms in total. The number of esters is 1. The highest BCUT2D eigenvalue weighted by atomic mass is 16.5. The zero-order valence-electron chi connectivity index (χ0n) is 15.8. The molecule has 6 heteroatoms. The first-order chi connectivity index (χ1) is 13.0. The van der Waals surface area contributed by atoms with E-state index < -0.39 is 0 Å². The average molecular weight is 365 g/mol. The standard InChI is InChI=1S/C21H23N3O3/c1-4-27-20(25)13-24-18-8-6-5-7-17(18)23-19(24)12-22-21(26)16-10-9-14(2)11-15(16)3/h5-11H,4,12-13H2,1-3H3,(H,22,26). The second kappa shape index (κ2) is 8.03. The first-order valence-electron chi connectivity index (χ1n) is 8.94. The van der Waals surface area contributed by atoms with Gasteiger partial charge in [0.2, 0.25) is 0 Å². The van der Waals surface area contributed by atoms with Crippen molar-refractivity contribution in [1.82, 2.24) is 14.9 Å². The van der Waals surface area contributed by atoms with Gasteiger partial charge in [-0.15, -0.1) is 0 Å². The van der Waals surface area contributed by atoms with Crippen LogP contribution in [0.1, 0.15) is 34.2 Å². The van der Waals surface area contributed by atoms with Crippen molar-refractivity contribution >= 4 is 22.9 Å². The second-order valence-electron chi connectivity index (χ2n) is 6.41. The molecule has 1 heterocycles. The minimum absolute atomic E-state index is 0.0586. The maximum atomic E-state index is 12.6. The number of hydrogen-bond donors (Lipinski definition) is 1. The van der Waals surface area contributed by atoms with Crippen LogP contribution in [-0.4, -0.2) is 28.0 Å². The lowest BCUT2D eigenvalue weighted by Gasteiger charge is -2.11. The summed E-state index contributed by atoms with van der Waals surface area (Å²) in [5, 5.41) is 2.91. The Morgan fingerprint density at radius 1 is 1.15 bits per heavy atom. The van der Waals surface area contributed by atoms with E-state index in [2.05, 4.69) is 10.3 Å². The van der Waals surface area contributed by atoms with Crippen LogP contribution in [-0.2, 0) is 22.6 Å². The van der Waals surface area contributed by atoms with E-state index in [0.717, 1.165) is 22.2 Å². The van der Waals surface area contributed by atoms with E-state index in [1.165, 1.54) is 0 Å². The molecule has 1 aromatic heterocycles. The van der Waals surface area contributed by atoms with Crippen LogP contribution in [0.3, 0.4) is 0 Å². The summed E-state index contributed by atoms with van der Waals surface area (Å²) in [4.78, 5) is 29.1. The number of nitrogens with zero attached hydrogens (tertiary/aromatic N) is 2. The number of rotatable bonds is 6. The molecular weight excluding hydrogens is 342 g/mol. The molecule has 0 aliphatic heterocycles. The van der Waals surface area contributed by atoms with Crippen LogP contribution in [0.25, 0.3) is 11.0 Å². The molecule has 0 radical (unpaired) electrons. The molecule has 140 valence electrons. The van der Waals surface area contributed by atoms with Crippen LogP contribution in [0.15, 0.2) is 42.5 Å². The monoisotopic (exact) mass is 365 g/mol. The number of carbonyl (C=O) groups is 2. The summed E-state index contributed by atoms with van der Waals surface area (Å²) in [6, 6.07) is 13.3. The van der Waals surface area contributed by atoms with Gasteiger partial charge in [0.25, 0.3) is 5.91 Å². The van der Waals surface area contributed by atoms with Gasteiger partial charge in [0.1, 0.15) is 12.4 Å². The molecule has 0 saturated heterocycles. The minimum atomic E-state index is -0.331. The number of ether oxygens (including phenoxy) is 1. The summed E-state index contributed by atoms with van der Waals surface area (Å²) in [5.41, 5.74) is 4.28. The minimum Gasteiger partial charge on any atom is -0.465 e. The molecule has 3 aromatic rings. The fourth-order valence-corrected chi connectivity index (χ4v) is 3.10. The van der Waals surface area contributed by atoms with Crippen molar-refractivity contribution in [3.8, 4) is 0 Å². The van der Waals surface area contributed by atoms with Gasteiger partial charge in [-0.2, -0.15) is 0 Å². The maximum absolute atomic E-state index is 12.6. The summed E-state index contributed by atoms with van der Waals surface area (Å²) >= 11 is 0. The van der Waals surface area contributed by atoms with E-state index >= 15 is 0 Å². The van der Waals surface area contributed by atoms with E-state index in [1.54, 1.807) is 11.5 Å². The number of imidazole rings is 1. The number of aryl methyl sites for hydroxylation is 2. The van der Waals surface area contributed by atoms with E-state index in [0.29, 0.717) is 18.0 Å². The molecule has 1 N–H and O–H groups in total. The Labute approximate surface area is 158 Å². The summed E-state index contributed by atoms with van der Waals surface area (Å²) in [7, 11) is 0. The fraction of sp³-hybridized carbons (Fsp3) is 0.286. The third kappa shape index (κ3) is 4.16. The number of aromatic nitrogens is 2. The third-order valence-corrected chi connectivity index (χ3v) is 4.36. The Hall–Kier alpha value is -3.15. The van der Waals surface area contributed by atoms with Crippen molar-refractivity contribution in [3.63, 3.8) is 0 Å². The van der Waals surface area contributed by atoms with Gasteiger partial charge in [-0.05, 0) is 44.5 Å². The zero-order valence-corrected chi connectivity index (χ0v) is 15.8. The number of amides is 1. The Kier molecular flexibility index (Phi) is 5.54. The normalized spacial score (nSPS) is 10.8. The predicted octanol–water partition coefficient (Wildman–Crippen LogP) is 3.15. The molecule has 0 aliphatic carbocycles. The Morgan fingerprint density at radius 2 is 1.93 bits per heavy atom. The molecule has 0 fully saturated rings. The van der Waals surface area contributed by atoms with E-state index in [4.69, 9.17) is 4.74 Å². The van der Waals surface area contributed by atoms with Crippen molar-refractivity contribution in [2.75, 3.05) is 6.61 Å². The highest BCUT2D eigenvalue weighted by Crippen LogP contribution is 2.17. The summed E-state index contributed by atoms with van der Waals surface area (Å²) < 4.78 is 6.85. The van der Waals surface area contributed by atoms with Crippen molar-refractivity contribution < 1.29 is 14.3 Å². The lowest BCUT2D eigenvalue weighted by Crippen LogP contribution is -2.26. The van der Waals surface area contributed by atoms with Crippen molar-refractivity contribution in [2.24, 2.45) is 0 Å². The summed E-state index contributed by atoms with van der Waals surface area (Å²) in [6.45, 7) is 6.28. The van der Waals surface area contributed by atoms with Gasteiger partial charge in [-0.25, -0.2) is 4.98 Å². The van der Waals surface area contributed by atoms with Gasteiger partial charge in [0.15, 0.2) is 0 Å². The molecule has 27 heavy (non-hydrogen) atoms. The van der Waals surface area contributed by atoms with Crippen LogP contribution >= 0.6 is 0 Å². The molecular formula is C21H23N3O3. The first-order valence-corrected chi connectivity index (χ1v) is 8.94. The van der Waals surface area contributed by atoms with E-state index in [1.807, 2.05) is 56.3 Å². The quantitative estimate of drug-likeness (QED) is 0.681. The van der Waals surface area contributed by atoms with Crippen molar-refractivity contribution in [2.45, 2.75) is 33.9 Å². The second-order valence-corrected chi connectivity index (χ2v) is 6.41. The topological polar surface area (TPSA) is 73.2 Å². The number of nitrogens with one attached hydrogen (secondary N) is 1. The molecule has 0 unspecified atom stereocenters. The van der Waals surface area contributed by atoms with Gasteiger partial charge in [0.05, 0.1) is 24.2 Å². The molecule has 0 spiro atoms. The first kappa shape index (κ1) is 18.6. The fourth-order valence-electron chi connectivity index (χ4n) is 3.10. The van der Waals surface area contributed by atoms with Crippen molar-refractivity contribution in [3.05, 3.63) is 65.0 Å². The zero-order chi connectivity index (χ0) is 19.4. The smallest absolute Gasteiger partial charge is 0.326 e. The Morgan fingerprint density at radius 3 is 2.67 bits per heavy atom.